The molecule has 3 aliphatic heterocycles. The van der Waals surface area contributed by atoms with Gasteiger partial charge in [0.25, 0.3) is 5.91 Å². The molecule has 1 aromatic carbocycles. The van der Waals surface area contributed by atoms with Gasteiger partial charge >= 0.3 is 0 Å². The summed E-state index contributed by atoms with van der Waals surface area (Å²) in [6.07, 6.45) is 12.1. The van der Waals surface area contributed by atoms with Crippen molar-refractivity contribution in [3.05, 3.63) is 35.5 Å². The van der Waals surface area contributed by atoms with Gasteiger partial charge in [-0.3, -0.25) is 15.2 Å². The fourth-order valence-corrected chi connectivity index (χ4v) is 9.00. The molecule has 1 N–H and O–H groups in total. The summed E-state index contributed by atoms with van der Waals surface area (Å²) in [5.41, 5.74) is 5.56. The molecule has 2 aliphatic carbocycles. The lowest BCUT2D eigenvalue weighted by atomic mass is 9.84. The predicted molar refractivity (Wildman–Crippen MR) is 132 cm³/mol. The van der Waals surface area contributed by atoms with Crippen LogP contribution in [0.3, 0.4) is 0 Å². The zero-order valence-electron chi connectivity index (χ0n) is 19.6. The summed E-state index contributed by atoms with van der Waals surface area (Å²) in [5.74, 6) is -0.565. The van der Waals surface area contributed by atoms with E-state index >= 15 is 0 Å². The number of hydrogen-bond donors (Lipinski definition) is 1. The number of carbonyl (C=O) groups excluding carboxylic acids is 1. The summed E-state index contributed by atoms with van der Waals surface area (Å²) in [4.78, 5) is 22.0. The largest absolute Gasteiger partial charge is 0.285 e. The quantitative estimate of drug-likeness (QED) is 0.674. The smallest absolute Gasteiger partial charge is 0.262 e. The molecule has 5 aliphatic rings. The summed E-state index contributed by atoms with van der Waals surface area (Å²) in [7, 11) is -3.36. The summed E-state index contributed by atoms with van der Waals surface area (Å²) in [6.45, 7) is 0. The van der Waals surface area contributed by atoms with Gasteiger partial charge < -0.3 is 0 Å². The number of sulfone groups is 1. The number of aliphatic imine (C=N–C) groups is 2. The lowest BCUT2D eigenvalue weighted by Gasteiger charge is -2.36. The van der Waals surface area contributed by atoms with Crippen LogP contribution < -0.4 is 5.43 Å². The van der Waals surface area contributed by atoms with Crippen molar-refractivity contribution in [2.75, 3.05) is 0 Å². The van der Waals surface area contributed by atoms with Crippen LogP contribution >= 0.6 is 0 Å². The molecule has 2 saturated carbocycles. The normalized spacial score (nSPS) is 31.6. The molecule has 0 bridgehead atoms. The van der Waals surface area contributed by atoms with Gasteiger partial charge in [0.1, 0.15) is 11.8 Å². The maximum absolute atomic E-state index is 13.4. The Morgan fingerprint density at radius 3 is 2.74 bits per heavy atom. The zero-order chi connectivity index (χ0) is 24.2. The van der Waals surface area contributed by atoms with Crippen LogP contribution in [0.25, 0.3) is 0 Å². The molecule has 9 heteroatoms. The first-order valence-electron chi connectivity index (χ1n) is 12.6. The number of hydrogen-bond acceptors (Lipinski definition) is 6. The number of carbonyl (C=O) groups is 1. The highest BCUT2D eigenvalue weighted by molar-refractivity contribution is 7.93. The number of amidine groups is 1. The second kappa shape index (κ2) is 8.30. The third-order valence-corrected chi connectivity index (χ3v) is 11.1. The van der Waals surface area contributed by atoms with Crippen molar-refractivity contribution in [1.29, 1.82) is 5.26 Å². The van der Waals surface area contributed by atoms with Crippen LogP contribution in [0, 0.1) is 23.2 Å². The lowest BCUT2D eigenvalue weighted by molar-refractivity contribution is -0.119. The minimum absolute atomic E-state index is 0.0363. The average molecular weight is 492 g/mol. The molecule has 3 heterocycles. The van der Waals surface area contributed by atoms with Gasteiger partial charge in [0.15, 0.2) is 9.84 Å². The number of fused-ring (bicyclic) bond motifs is 2. The van der Waals surface area contributed by atoms with E-state index in [1.165, 1.54) is 6.21 Å². The Kier molecular flexibility index (Phi) is 5.33. The number of hydrazine groups is 1. The van der Waals surface area contributed by atoms with Crippen molar-refractivity contribution in [3.8, 4) is 6.07 Å². The Labute approximate surface area is 205 Å². The second-order valence-corrected chi connectivity index (χ2v) is 12.7. The fraction of sp³-hybridized carbons (Fsp3) is 0.538. The van der Waals surface area contributed by atoms with Crippen LogP contribution in [0.4, 0.5) is 5.69 Å². The Morgan fingerprint density at radius 1 is 1.14 bits per heavy atom. The van der Waals surface area contributed by atoms with E-state index in [2.05, 4.69) is 16.5 Å². The Balaban J connectivity index is 1.35. The highest BCUT2D eigenvalue weighted by Crippen LogP contribution is 2.48. The van der Waals surface area contributed by atoms with Gasteiger partial charge in [0, 0.05) is 6.21 Å². The molecule has 182 valence electrons. The standard InChI is InChI=1S/C26H29N5O3S/c27-16-17-6-2-3-7-20(17)31-21-10-13-28-25(32)23(21)24(30-31)29-19-8-9-22-18(14-19)15-26(35(22,33)34)11-4-1-5-12-26/h8-10,13-14,17,20,23H,1-7,11-12,15H2,(H,29,30)/t17-,20+,23?/m1/s1. The molecule has 1 spiro atoms. The summed E-state index contributed by atoms with van der Waals surface area (Å²) in [5, 5.41) is 11.7. The van der Waals surface area contributed by atoms with Gasteiger partial charge in [0.2, 0.25) is 0 Å². The lowest BCUT2D eigenvalue weighted by Crippen LogP contribution is -2.46. The van der Waals surface area contributed by atoms with Crippen LogP contribution in [0.5, 0.6) is 0 Å². The minimum atomic E-state index is -3.36. The van der Waals surface area contributed by atoms with E-state index in [1.807, 2.05) is 17.2 Å². The summed E-state index contributed by atoms with van der Waals surface area (Å²) in [6, 6.07) is 7.69. The van der Waals surface area contributed by atoms with Crippen molar-refractivity contribution >= 4 is 33.5 Å². The number of dihydropyridines is 1. The van der Waals surface area contributed by atoms with Crippen molar-refractivity contribution < 1.29 is 13.2 Å². The van der Waals surface area contributed by atoms with E-state index in [0.717, 1.165) is 56.2 Å². The third-order valence-electron chi connectivity index (χ3n) is 8.43. The monoisotopic (exact) mass is 491 g/mol. The molecule has 1 aromatic rings. The molecule has 8 nitrogen and oxygen atoms in total. The second-order valence-electron chi connectivity index (χ2n) is 10.4. The van der Waals surface area contributed by atoms with Crippen LogP contribution in [0.15, 0.2) is 44.9 Å². The molecule has 0 radical (unpaired) electrons. The maximum Gasteiger partial charge on any atom is 0.262 e. The number of rotatable bonds is 2. The van der Waals surface area contributed by atoms with Crippen molar-refractivity contribution in [2.45, 2.75) is 79.9 Å². The SMILES string of the molecule is N#C[C@H]1CCCC[C@@H]1N1NC(=Nc2ccc3c(c2)CC2(CCCCC2)S3(=O)=O)C2C(=O)N=CC=C21. The summed E-state index contributed by atoms with van der Waals surface area (Å²) >= 11 is 0. The molecule has 1 saturated heterocycles. The summed E-state index contributed by atoms with van der Waals surface area (Å²) < 4.78 is 26.1. The molecule has 1 unspecified atom stereocenters. The number of amides is 1. The molecule has 3 fully saturated rings. The fourth-order valence-electron chi connectivity index (χ4n) is 6.64. The van der Waals surface area contributed by atoms with Crippen LogP contribution in [0.2, 0.25) is 0 Å². The van der Waals surface area contributed by atoms with E-state index in [0.29, 0.717) is 35.7 Å². The first-order chi connectivity index (χ1) is 16.9. The van der Waals surface area contributed by atoms with Gasteiger partial charge in [-0.15, -0.1) is 0 Å². The topological polar surface area (TPSA) is 115 Å². The van der Waals surface area contributed by atoms with Gasteiger partial charge in [-0.25, -0.2) is 18.4 Å². The van der Waals surface area contributed by atoms with Gasteiger partial charge in [0.05, 0.1) is 39.1 Å². The van der Waals surface area contributed by atoms with Crippen molar-refractivity contribution in [1.82, 2.24) is 10.4 Å². The van der Waals surface area contributed by atoms with E-state index in [1.54, 1.807) is 12.1 Å². The van der Waals surface area contributed by atoms with Crippen molar-refractivity contribution in [3.63, 3.8) is 0 Å². The number of nitrogens with one attached hydrogen (secondary N) is 1. The number of benzene rings is 1. The predicted octanol–water partition coefficient (Wildman–Crippen LogP) is 3.76. The number of nitriles is 1. The molecule has 1 amide bonds. The van der Waals surface area contributed by atoms with E-state index in [4.69, 9.17) is 4.99 Å². The third kappa shape index (κ3) is 3.45. The Hall–Kier alpha value is -2.99. The van der Waals surface area contributed by atoms with E-state index in [9.17, 15) is 18.5 Å². The van der Waals surface area contributed by atoms with Crippen LogP contribution in [-0.2, 0) is 21.1 Å². The molecular formula is C26H29N5O3S. The average Bonchev–Trinajstić information content (AvgIpc) is 3.32. The van der Waals surface area contributed by atoms with E-state index < -0.39 is 20.5 Å². The highest BCUT2D eigenvalue weighted by atomic mass is 32.2. The molecule has 3 atom stereocenters. The molecule has 6 rings (SSSR count). The van der Waals surface area contributed by atoms with Gasteiger partial charge in [-0.2, -0.15) is 5.26 Å². The first kappa shape index (κ1) is 22.5. The Morgan fingerprint density at radius 2 is 1.94 bits per heavy atom. The maximum atomic E-state index is 13.4. The number of nitrogens with zero attached hydrogens (tertiary/aromatic N) is 4. The van der Waals surface area contributed by atoms with E-state index in [-0.39, 0.29) is 17.9 Å². The molecule has 35 heavy (non-hydrogen) atoms. The molecular weight excluding hydrogens is 462 g/mol. The Bertz CT molecular complexity index is 1320. The minimum Gasteiger partial charge on any atom is -0.285 e. The van der Waals surface area contributed by atoms with Crippen LogP contribution in [-0.4, -0.2) is 42.2 Å². The first-order valence-corrected chi connectivity index (χ1v) is 14.1. The van der Waals surface area contributed by atoms with Crippen molar-refractivity contribution in [2.24, 2.45) is 21.8 Å². The zero-order valence-corrected chi connectivity index (χ0v) is 20.4. The van der Waals surface area contributed by atoms with Crippen LogP contribution in [0.1, 0.15) is 63.4 Å². The molecule has 0 aromatic heterocycles. The number of allylic oxidation sites excluding steroid dienone is 1. The van der Waals surface area contributed by atoms with Gasteiger partial charge in [-0.05, 0) is 61.9 Å². The van der Waals surface area contributed by atoms with Gasteiger partial charge in [-0.1, -0.05) is 32.1 Å². The highest BCUT2D eigenvalue weighted by Gasteiger charge is 2.51.